The summed E-state index contributed by atoms with van der Waals surface area (Å²) in [6.07, 6.45) is 11.4. The Morgan fingerprint density at radius 2 is 2.21 bits per heavy atom. The molecule has 0 unspecified atom stereocenters. The first-order valence-electron chi connectivity index (χ1n) is 10.5. The van der Waals surface area contributed by atoms with Crippen LogP contribution in [-0.2, 0) is 9.53 Å². The highest BCUT2D eigenvalue weighted by atomic mass is 16.5. The quantitative estimate of drug-likeness (QED) is 0.597. The summed E-state index contributed by atoms with van der Waals surface area (Å²) in [7, 11) is 0. The van der Waals surface area contributed by atoms with Crippen molar-refractivity contribution < 1.29 is 14.3 Å². The Morgan fingerprint density at radius 3 is 2.93 bits per heavy atom. The Bertz CT molecular complexity index is 671. The van der Waals surface area contributed by atoms with E-state index in [9.17, 15) is 9.59 Å². The normalized spacial score (nSPS) is 25.0. The third-order valence-corrected chi connectivity index (χ3v) is 5.64. The molecule has 2 aliphatic carbocycles. The zero-order valence-corrected chi connectivity index (χ0v) is 16.7. The molecule has 28 heavy (non-hydrogen) atoms. The molecule has 1 saturated carbocycles. The maximum absolute atomic E-state index is 12.7. The Hall–Kier alpha value is -2.15. The summed E-state index contributed by atoms with van der Waals surface area (Å²) in [4.78, 5) is 25.0. The Morgan fingerprint density at radius 1 is 1.32 bits per heavy atom. The summed E-state index contributed by atoms with van der Waals surface area (Å²) < 4.78 is 6.01. The van der Waals surface area contributed by atoms with Crippen molar-refractivity contribution in [1.29, 1.82) is 0 Å². The highest BCUT2D eigenvalue weighted by Crippen LogP contribution is 2.28. The maximum Gasteiger partial charge on any atom is 0.269 e. The number of H-pyrrole nitrogens is 1. The van der Waals surface area contributed by atoms with Crippen LogP contribution in [-0.4, -0.2) is 47.3 Å². The van der Waals surface area contributed by atoms with E-state index in [1.54, 1.807) is 12.3 Å². The smallest absolute Gasteiger partial charge is 0.269 e. The number of aromatic amines is 1. The van der Waals surface area contributed by atoms with E-state index in [1.165, 1.54) is 18.4 Å². The summed E-state index contributed by atoms with van der Waals surface area (Å²) in [6.45, 7) is 3.35. The predicted molar refractivity (Wildman–Crippen MR) is 107 cm³/mol. The van der Waals surface area contributed by atoms with Crippen LogP contribution in [0.1, 0.15) is 68.8 Å². The zero-order chi connectivity index (χ0) is 19.8. The Kier molecular flexibility index (Phi) is 7.65. The van der Waals surface area contributed by atoms with Crippen molar-refractivity contribution in [2.75, 3.05) is 13.2 Å². The van der Waals surface area contributed by atoms with E-state index in [0.717, 1.165) is 32.1 Å². The number of rotatable bonds is 8. The molecule has 154 valence electrons. The van der Waals surface area contributed by atoms with Gasteiger partial charge in [-0.2, -0.15) is 5.10 Å². The average molecular weight is 389 g/mol. The van der Waals surface area contributed by atoms with Gasteiger partial charge in [-0.25, -0.2) is 0 Å². The molecule has 1 aromatic rings. The number of ether oxygens (including phenoxy) is 1. The molecule has 3 rings (SSSR count). The van der Waals surface area contributed by atoms with Crippen molar-refractivity contribution in [1.82, 2.24) is 20.8 Å². The lowest BCUT2D eigenvalue weighted by molar-refractivity contribution is -0.128. The molecule has 7 heteroatoms. The van der Waals surface area contributed by atoms with Gasteiger partial charge in [0.1, 0.15) is 5.69 Å². The molecule has 1 heterocycles. The van der Waals surface area contributed by atoms with Gasteiger partial charge in [0.25, 0.3) is 5.91 Å². The molecule has 2 aliphatic rings. The van der Waals surface area contributed by atoms with Crippen LogP contribution in [0.3, 0.4) is 0 Å². The van der Waals surface area contributed by atoms with Crippen LogP contribution in [0.25, 0.3) is 0 Å². The third-order valence-electron chi connectivity index (χ3n) is 5.64. The molecule has 3 N–H and O–H groups in total. The van der Waals surface area contributed by atoms with E-state index in [1.807, 2.05) is 0 Å². The lowest BCUT2D eigenvalue weighted by atomic mass is 9.83. The van der Waals surface area contributed by atoms with E-state index in [-0.39, 0.29) is 29.9 Å². The number of allylic oxidation sites excluding steroid dienone is 1. The zero-order valence-electron chi connectivity index (χ0n) is 16.7. The summed E-state index contributed by atoms with van der Waals surface area (Å²) >= 11 is 0. The summed E-state index contributed by atoms with van der Waals surface area (Å²) in [5.74, 6) is -0.138. The average Bonchev–Trinajstić information content (AvgIpc) is 3.27. The molecule has 1 fully saturated rings. The number of aromatic nitrogens is 2. The summed E-state index contributed by atoms with van der Waals surface area (Å²) in [6, 6.07) is 1.56. The number of nitrogens with one attached hydrogen (secondary N) is 3. The van der Waals surface area contributed by atoms with E-state index in [2.05, 4.69) is 33.8 Å². The fourth-order valence-corrected chi connectivity index (χ4v) is 4.02. The minimum absolute atomic E-state index is 0.0636. The first-order chi connectivity index (χ1) is 13.7. The molecule has 7 nitrogen and oxygen atoms in total. The van der Waals surface area contributed by atoms with E-state index < -0.39 is 0 Å². The first kappa shape index (κ1) is 20.6. The molecule has 2 amide bonds. The summed E-state index contributed by atoms with van der Waals surface area (Å²) in [5.41, 5.74) is 1.79. The molecule has 0 bridgehead atoms. The van der Waals surface area contributed by atoms with Gasteiger partial charge in [0.15, 0.2) is 0 Å². The monoisotopic (exact) mass is 388 g/mol. The molecular formula is C21H32N4O3. The highest BCUT2D eigenvalue weighted by Gasteiger charge is 2.35. The van der Waals surface area contributed by atoms with Crippen molar-refractivity contribution in [2.45, 2.75) is 70.4 Å². The topological polar surface area (TPSA) is 96.1 Å². The highest BCUT2D eigenvalue weighted by molar-refractivity contribution is 5.92. The Labute approximate surface area is 166 Å². The minimum Gasteiger partial charge on any atom is -0.376 e. The van der Waals surface area contributed by atoms with E-state index >= 15 is 0 Å². The van der Waals surface area contributed by atoms with Crippen LogP contribution in [0.2, 0.25) is 0 Å². The van der Waals surface area contributed by atoms with Crippen molar-refractivity contribution in [2.24, 2.45) is 5.92 Å². The molecule has 0 spiro atoms. The van der Waals surface area contributed by atoms with Gasteiger partial charge in [0.2, 0.25) is 5.91 Å². The van der Waals surface area contributed by atoms with Gasteiger partial charge in [-0.1, -0.05) is 18.6 Å². The number of hydrogen-bond acceptors (Lipinski definition) is 4. The van der Waals surface area contributed by atoms with Crippen LogP contribution >= 0.6 is 0 Å². The fourth-order valence-electron chi connectivity index (χ4n) is 4.02. The van der Waals surface area contributed by atoms with Gasteiger partial charge in [0.05, 0.1) is 12.1 Å². The largest absolute Gasteiger partial charge is 0.376 e. The lowest BCUT2D eigenvalue weighted by Crippen LogP contribution is -2.50. The summed E-state index contributed by atoms with van der Waals surface area (Å²) in [5, 5.41) is 12.7. The van der Waals surface area contributed by atoms with Gasteiger partial charge in [-0.05, 0) is 57.4 Å². The van der Waals surface area contributed by atoms with Crippen molar-refractivity contribution in [3.63, 3.8) is 0 Å². The minimum atomic E-state index is -0.181. The predicted octanol–water partition coefficient (Wildman–Crippen LogP) is 2.72. The molecule has 0 aromatic carbocycles. The molecule has 0 saturated heterocycles. The van der Waals surface area contributed by atoms with Gasteiger partial charge in [-0.15, -0.1) is 0 Å². The SMILES string of the molecule is CCCO[C@H]1C[C@@H](C(=O)NCC2=CCCCC2)CC[C@@H]1NC(=O)c1ccn[nH]1. The molecule has 3 atom stereocenters. The van der Waals surface area contributed by atoms with Gasteiger partial charge in [-0.3, -0.25) is 14.7 Å². The second-order valence-electron chi connectivity index (χ2n) is 7.80. The van der Waals surface area contributed by atoms with E-state index in [0.29, 0.717) is 25.3 Å². The number of amides is 2. The second kappa shape index (κ2) is 10.4. The van der Waals surface area contributed by atoms with Crippen molar-refractivity contribution >= 4 is 11.8 Å². The fraction of sp³-hybridized carbons (Fsp3) is 0.667. The van der Waals surface area contributed by atoms with Crippen LogP contribution in [0, 0.1) is 5.92 Å². The van der Waals surface area contributed by atoms with E-state index in [4.69, 9.17) is 4.74 Å². The number of carbonyl (C=O) groups is 2. The number of hydrogen-bond donors (Lipinski definition) is 3. The van der Waals surface area contributed by atoms with Crippen LogP contribution < -0.4 is 10.6 Å². The standard InChI is InChI=1S/C21H32N4O3/c1-2-12-28-19-13-16(20(26)22-14-15-6-4-3-5-7-15)8-9-17(19)24-21(27)18-10-11-23-25-18/h6,10-11,16-17,19H,2-5,7-9,12-14H2,1H3,(H,22,26)(H,23,25)(H,24,27)/t16-,17-,19-/m0/s1. The number of nitrogens with zero attached hydrogens (tertiary/aromatic N) is 1. The first-order valence-corrected chi connectivity index (χ1v) is 10.5. The lowest BCUT2D eigenvalue weighted by Gasteiger charge is -2.36. The maximum atomic E-state index is 12.7. The molecule has 1 aromatic heterocycles. The van der Waals surface area contributed by atoms with Crippen molar-refractivity contribution in [3.05, 3.63) is 29.6 Å². The Balaban J connectivity index is 1.53. The molecular weight excluding hydrogens is 356 g/mol. The molecule has 0 aliphatic heterocycles. The van der Waals surface area contributed by atoms with Gasteiger partial charge in [0, 0.05) is 25.3 Å². The molecule has 0 radical (unpaired) electrons. The second-order valence-corrected chi connectivity index (χ2v) is 7.80. The van der Waals surface area contributed by atoms with Crippen LogP contribution in [0.15, 0.2) is 23.9 Å². The van der Waals surface area contributed by atoms with Crippen LogP contribution in [0.5, 0.6) is 0 Å². The van der Waals surface area contributed by atoms with Gasteiger partial charge < -0.3 is 15.4 Å². The van der Waals surface area contributed by atoms with Crippen LogP contribution in [0.4, 0.5) is 0 Å². The third kappa shape index (κ3) is 5.67. The van der Waals surface area contributed by atoms with Gasteiger partial charge >= 0.3 is 0 Å². The van der Waals surface area contributed by atoms with Crippen molar-refractivity contribution in [3.8, 4) is 0 Å². The number of carbonyl (C=O) groups excluding carboxylic acids is 2.